The number of nitrogens with one attached hydrogen (secondary N) is 2. The number of hydrogen-bond donors (Lipinski definition) is 5. The molecule has 1 aromatic rings. The minimum atomic E-state index is -1.48. The minimum absolute atomic E-state index is 0.0191. The molecule has 0 bridgehead atoms. The third-order valence-electron chi connectivity index (χ3n) is 1.50. The van der Waals surface area contributed by atoms with Crippen molar-refractivity contribution in [3.63, 3.8) is 0 Å². The molecule has 1 rings (SSSR count). The van der Waals surface area contributed by atoms with Crippen molar-refractivity contribution in [3.05, 3.63) is 11.6 Å². The molecule has 0 aliphatic rings. The van der Waals surface area contributed by atoms with Gasteiger partial charge in [0.1, 0.15) is 6.73 Å². The van der Waals surface area contributed by atoms with E-state index in [4.69, 9.17) is 19.6 Å². The molecule has 0 unspecified atom stereocenters. The van der Waals surface area contributed by atoms with Gasteiger partial charge in [-0.25, -0.2) is 9.59 Å². The highest BCUT2D eigenvalue weighted by atomic mass is 32.2. The molecule has 19 heavy (non-hydrogen) atoms. The summed E-state index contributed by atoms with van der Waals surface area (Å²) in [6, 6.07) is 0. The van der Waals surface area contributed by atoms with Crippen LogP contribution in [0, 0.1) is 0 Å². The number of carboxylic acid groups (broad SMARTS) is 2. The molecule has 11 nitrogen and oxygen atoms in total. The standard InChI is InChI=1S/C7H9N5O6S/c13-5(14)3-10-4(6(15)16)12-7(11-3)19-18-2-8-1-9-17/h8-9,17H,1-2H2,(H,13,14)(H,15,16). The highest BCUT2D eigenvalue weighted by Gasteiger charge is 2.17. The van der Waals surface area contributed by atoms with Crippen LogP contribution in [0.2, 0.25) is 0 Å². The Kier molecular flexibility index (Phi) is 6.04. The summed E-state index contributed by atoms with van der Waals surface area (Å²) in [5.74, 6) is -4.34. The van der Waals surface area contributed by atoms with E-state index >= 15 is 0 Å². The van der Waals surface area contributed by atoms with Crippen LogP contribution >= 0.6 is 12.0 Å². The second-order valence-corrected chi connectivity index (χ2v) is 3.57. The maximum absolute atomic E-state index is 10.7. The molecule has 0 aliphatic carbocycles. The fourth-order valence-corrected chi connectivity index (χ4v) is 1.31. The first-order chi connectivity index (χ1) is 9.04. The van der Waals surface area contributed by atoms with E-state index in [-0.39, 0.29) is 18.6 Å². The molecule has 1 aromatic heterocycles. The SMILES string of the molecule is O=C(O)c1nc(SOCNCNO)nc(C(=O)O)n1. The topological polar surface area (TPSA) is 167 Å². The van der Waals surface area contributed by atoms with Gasteiger partial charge in [0.25, 0.3) is 0 Å². The normalized spacial score (nSPS) is 10.4. The second kappa shape index (κ2) is 7.55. The molecule has 0 radical (unpaired) electrons. The summed E-state index contributed by atoms with van der Waals surface area (Å²) in [5, 5.41) is 28.0. The molecule has 12 heteroatoms. The molecule has 0 saturated carbocycles. The largest absolute Gasteiger partial charge is 0.475 e. The molecule has 0 fully saturated rings. The summed E-state index contributed by atoms with van der Waals surface area (Å²) in [5.41, 5.74) is 1.82. The summed E-state index contributed by atoms with van der Waals surface area (Å²) in [6.45, 7) is 0.0488. The third-order valence-corrected chi connectivity index (χ3v) is 2.06. The minimum Gasteiger partial charge on any atom is -0.475 e. The lowest BCUT2D eigenvalue weighted by Gasteiger charge is -2.04. The van der Waals surface area contributed by atoms with E-state index in [1.54, 1.807) is 0 Å². The Hall–Kier alpha value is -1.86. The van der Waals surface area contributed by atoms with Crippen molar-refractivity contribution in [3.8, 4) is 0 Å². The van der Waals surface area contributed by atoms with Gasteiger partial charge < -0.3 is 15.4 Å². The van der Waals surface area contributed by atoms with Crippen molar-refractivity contribution >= 4 is 24.0 Å². The average Bonchev–Trinajstić information content (AvgIpc) is 2.38. The van der Waals surface area contributed by atoms with Crippen molar-refractivity contribution in [2.45, 2.75) is 5.16 Å². The fraction of sp³-hybridized carbons (Fsp3) is 0.286. The molecule has 104 valence electrons. The monoisotopic (exact) mass is 291 g/mol. The number of rotatable bonds is 8. The van der Waals surface area contributed by atoms with Crippen LogP contribution in [0.4, 0.5) is 0 Å². The van der Waals surface area contributed by atoms with Crippen LogP contribution in [0.5, 0.6) is 0 Å². The van der Waals surface area contributed by atoms with E-state index in [1.807, 2.05) is 5.48 Å². The summed E-state index contributed by atoms with van der Waals surface area (Å²) in [7, 11) is 0. The van der Waals surface area contributed by atoms with E-state index in [2.05, 4.69) is 20.3 Å². The van der Waals surface area contributed by atoms with Gasteiger partial charge in [-0.1, -0.05) is 0 Å². The van der Waals surface area contributed by atoms with Crippen LogP contribution in [0.1, 0.15) is 21.2 Å². The molecular weight excluding hydrogens is 282 g/mol. The second-order valence-electron chi connectivity index (χ2n) is 2.81. The maximum atomic E-state index is 10.7. The number of nitrogens with zero attached hydrogens (tertiary/aromatic N) is 3. The lowest BCUT2D eigenvalue weighted by molar-refractivity contribution is 0.0672. The van der Waals surface area contributed by atoms with Crippen LogP contribution in [-0.4, -0.2) is 55.7 Å². The Morgan fingerprint density at radius 2 is 1.74 bits per heavy atom. The quantitative estimate of drug-likeness (QED) is 0.168. The molecular formula is C7H9N5O6S. The van der Waals surface area contributed by atoms with Gasteiger partial charge in [-0.3, -0.25) is 9.50 Å². The molecule has 0 atom stereocenters. The summed E-state index contributed by atoms with van der Waals surface area (Å²) in [6.07, 6.45) is 0. The Morgan fingerprint density at radius 1 is 1.16 bits per heavy atom. The van der Waals surface area contributed by atoms with Gasteiger partial charge in [0.15, 0.2) is 0 Å². The highest BCUT2D eigenvalue weighted by molar-refractivity contribution is 7.94. The van der Waals surface area contributed by atoms with Crippen molar-refractivity contribution in [1.82, 2.24) is 25.7 Å². The number of aromatic carboxylic acids is 2. The average molecular weight is 291 g/mol. The van der Waals surface area contributed by atoms with E-state index in [0.29, 0.717) is 12.0 Å². The number of hydroxylamine groups is 1. The zero-order valence-corrected chi connectivity index (χ0v) is 10.0. The molecule has 0 aromatic carbocycles. The Bertz CT molecular complexity index is 439. The Balaban J connectivity index is 2.71. The summed E-state index contributed by atoms with van der Waals surface area (Å²) >= 11 is 0.573. The number of carbonyl (C=O) groups is 2. The Labute approximate surface area is 110 Å². The predicted molar refractivity (Wildman–Crippen MR) is 58.5 cm³/mol. The smallest absolute Gasteiger partial charge is 0.374 e. The fourth-order valence-electron chi connectivity index (χ4n) is 0.816. The molecule has 5 N–H and O–H groups in total. The lowest BCUT2D eigenvalue weighted by Crippen LogP contribution is -2.27. The van der Waals surface area contributed by atoms with Crippen LogP contribution in [0.15, 0.2) is 5.16 Å². The van der Waals surface area contributed by atoms with Gasteiger partial charge in [-0.05, 0) is 0 Å². The third kappa shape index (κ3) is 5.11. The molecule has 0 aliphatic heterocycles. The maximum Gasteiger partial charge on any atom is 0.374 e. The van der Waals surface area contributed by atoms with Gasteiger partial charge in [0.05, 0.1) is 18.7 Å². The van der Waals surface area contributed by atoms with Gasteiger partial charge >= 0.3 is 11.9 Å². The first-order valence-corrected chi connectivity index (χ1v) is 5.38. The molecule has 0 amide bonds. The van der Waals surface area contributed by atoms with Crippen molar-refractivity contribution in [2.75, 3.05) is 13.4 Å². The van der Waals surface area contributed by atoms with E-state index in [9.17, 15) is 9.59 Å². The van der Waals surface area contributed by atoms with E-state index in [0.717, 1.165) is 0 Å². The first-order valence-electron chi connectivity index (χ1n) is 4.64. The van der Waals surface area contributed by atoms with Crippen LogP contribution in [0.3, 0.4) is 0 Å². The van der Waals surface area contributed by atoms with Crippen LogP contribution in [-0.2, 0) is 4.18 Å². The van der Waals surface area contributed by atoms with E-state index in [1.165, 1.54) is 0 Å². The van der Waals surface area contributed by atoms with Gasteiger partial charge in [-0.15, -0.1) is 0 Å². The van der Waals surface area contributed by atoms with Gasteiger partial charge in [-0.2, -0.15) is 20.4 Å². The molecule has 0 spiro atoms. The lowest BCUT2D eigenvalue weighted by atomic mass is 10.5. The van der Waals surface area contributed by atoms with Crippen LogP contribution < -0.4 is 10.8 Å². The van der Waals surface area contributed by atoms with Crippen LogP contribution in [0.25, 0.3) is 0 Å². The number of hydrogen-bond acceptors (Lipinski definition) is 10. The van der Waals surface area contributed by atoms with Crippen molar-refractivity contribution < 1.29 is 29.2 Å². The predicted octanol–water partition coefficient (Wildman–Crippen LogP) is -1.22. The first kappa shape index (κ1) is 15.2. The zero-order valence-electron chi connectivity index (χ0n) is 9.23. The zero-order chi connectivity index (χ0) is 14.3. The summed E-state index contributed by atoms with van der Waals surface area (Å²) < 4.78 is 4.91. The molecule has 0 saturated heterocycles. The number of aromatic nitrogens is 3. The summed E-state index contributed by atoms with van der Waals surface area (Å²) in [4.78, 5) is 31.6. The number of carboxylic acids is 2. The van der Waals surface area contributed by atoms with Crippen molar-refractivity contribution in [1.29, 1.82) is 0 Å². The molecule has 1 heterocycles. The Morgan fingerprint density at radius 3 is 2.21 bits per heavy atom. The van der Waals surface area contributed by atoms with Gasteiger partial charge in [0.2, 0.25) is 16.8 Å². The van der Waals surface area contributed by atoms with E-state index < -0.39 is 23.6 Å². The highest BCUT2D eigenvalue weighted by Crippen LogP contribution is 2.13. The van der Waals surface area contributed by atoms with Gasteiger partial charge in [0, 0.05) is 0 Å². The van der Waals surface area contributed by atoms with Crippen molar-refractivity contribution in [2.24, 2.45) is 0 Å².